The molecule has 0 atom stereocenters. The van der Waals surface area contributed by atoms with E-state index in [4.69, 9.17) is 18.0 Å². The van der Waals surface area contributed by atoms with Gasteiger partial charge in [-0.05, 0) is 25.1 Å². The number of terminal acetylenes is 1. The van der Waals surface area contributed by atoms with Gasteiger partial charge >= 0.3 is 0 Å². The number of nitrogens with zero attached hydrogens (tertiary/aromatic N) is 1. The zero-order valence-electron chi connectivity index (χ0n) is 8.84. The lowest BCUT2D eigenvalue weighted by atomic mass is 10.2. The molecule has 1 rings (SSSR count). The first kappa shape index (κ1) is 12.5. The van der Waals surface area contributed by atoms with Crippen LogP contribution in [-0.4, -0.2) is 23.9 Å². The van der Waals surface area contributed by atoms with Crippen molar-refractivity contribution in [3.8, 4) is 12.3 Å². The summed E-state index contributed by atoms with van der Waals surface area (Å²) < 4.78 is 13.1. The first-order chi connectivity index (χ1) is 7.60. The Kier molecular flexibility index (Phi) is 4.33. The fourth-order valence-corrected chi connectivity index (χ4v) is 1.37. The minimum atomic E-state index is -0.607. The molecule has 0 heterocycles. The summed E-state index contributed by atoms with van der Waals surface area (Å²) in [4.78, 5) is 13.3. The molecule has 0 spiro atoms. The molecule has 0 aliphatic rings. The van der Waals surface area contributed by atoms with E-state index < -0.39 is 5.82 Å². The molecule has 0 radical (unpaired) electrons. The second-order valence-electron chi connectivity index (χ2n) is 3.15. The van der Waals surface area contributed by atoms with E-state index in [1.807, 2.05) is 6.92 Å². The largest absolute Gasteiger partial charge is 0.328 e. The second-order valence-corrected chi connectivity index (χ2v) is 3.56. The van der Waals surface area contributed by atoms with Crippen molar-refractivity contribution in [2.45, 2.75) is 6.92 Å². The maximum absolute atomic E-state index is 13.1. The molecule has 0 unspecified atom stereocenters. The van der Waals surface area contributed by atoms with E-state index >= 15 is 0 Å². The van der Waals surface area contributed by atoms with Gasteiger partial charge in [-0.3, -0.25) is 4.79 Å². The van der Waals surface area contributed by atoms with Gasteiger partial charge in [0.15, 0.2) is 0 Å². The molecule has 1 aromatic rings. The van der Waals surface area contributed by atoms with Crippen LogP contribution in [0.25, 0.3) is 0 Å². The lowest BCUT2D eigenvalue weighted by Crippen LogP contribution is -2.31. The van der Waals surface area contributed by atoms with Crippen LogP contribution in [0.15, 0.2) is 18.2 Å². The van der Waals surface area contributed by atoms with Crippen LogP contribution in [0.2, 0.25) is 5.02 Å². The third-order valence-corrected chi connectivity index (χ3v) is 2.42. The van der Waals surface area contributed by atoms with Crippen molar-refractivity contribution in [1.29, 1.82) is 0 Å². The van der Waals surface area contributed by atoms with Gasteiger partial charge in [0.05, 0.1) is 11.6 Å². The van der Waals surface area contributed by atoms with Gasteiger partial charge in [-0.2, -0.15) is 0 Å². The van der Waals surface area contributed by atoms with Crippen molar-refractivity contribution in [3.05, 3.63) is 34.6 Å². The molecule has 0 saturated carbocycles. The Morgan fingerprint density at radius 1 is 1.62 bits per heavy atom. The van der Waals surface area contributed by atoms with Gasteiger partial charge in [-0.25, -0.2) is 4.39 Å². The van der Waals surface area contributed by atoms with Crippen LogP contribution >= 0.6 is 11.6 Å². The topological polar surface area (TPSA) is 20.3 Å². The number of carbonyl (C=O) groups is 1. The van der Waals surface area contributed by atoms with Crippen LogP contribution in [0.1, 0.15) is 17.3 Å². The quantitative estimate of drug-likeness (QED) is 0.743. The van der Waals surface area contributed by atoms with Gasteiger partial charge in [0.2, 0.25) is 0 Å². The third kappa shape index (κ3) is 2.74. The molecule has 0 bridgehead atoms. The highest BCUT2D eigenvalue weighted by Gasteiger charge is 2.14. The van der Waals surface area contributed by atoms with Crippen LogP contribution < -0.4 is 0 Å². The molecule has 0 fully saturated rings. The van der Waals surface area contributed by atoms with Gasteiger partial charge in [0, 0.05) is 12.1 Å². The van der Waals surface area contributed by atoms with Crippen molar-refractivity contribution in [2.75, 3.05) is 13.1 Å². The zero-order valence-corrected chi connectivity index (χ0v) is 9.59. The lowest BCUT2D eigenvalue weighted by Gasteiger charge is -2.17. The SMILES string of the molecule is C#CCN(CC)C(=O)c1ccc(Cl)c(F)c1. The van der Waals surface area contributed by atoms with Crippen LogP contribution in [0, 0.1) is 18.2 Å². The molecular weight excluding hydrogens is 229 g/mol. The predicted molar refractivity (Wildman–Crippen MR) is 61.8 cm³/mol. The Labute approximate surface area is 99.0 Å². The molecule has 1 aromatic carbocycles. The molecule has 0 N–H and O–H groups in total. The summed E-state index contributed by atoms with van der Waals surface area (Å²) in [5, 5.41) is -0.00320. The highest BCUT2D eigenvalue weighted by Crippen LogP contribution is 2.16. The summed E-state index contributed by atoms with van der Waals surface area (Å²) in [5.74, 6) is 1.48. The molecule has 0 aromatic heterocycles. The van der Waals surface area contributed by atoms with Crippen LogP contribution in [0.5, 0.6) is 0 Å². The van der Waals surface area contributed by atoms with E-state index in [1.54, 1.807) is 0 Å². The Balaban J connectivity index is 2.95. The molecule has 2 nitrogen and oxygen atoms in total. The highest BCUT2D eigenvalue weighted by atomic mass is 35.5. The van der Waals surface area contributed by atoms with Gasteiger partial charge in [-0.1, -0.05) is 17.5 Å². The highest BCUT2D eigenvalue weighted by molar-refractivity contribution is 6.30. The summed E-state index contributed by atoms with van der Waals surface area (Å²) in [7, 11) is 0. The molecule has 84 valence electrons. The average Bonchev–Trinajstić information content (AvgIpc) is 2.28. The number of benzene rings is 1. The summed E-state index contributed by atoms with van der Waals surface area (Å²) in [6.07, 6.45) is 5.14. The Morgan fingerprint density at radius 3 is 2.81 bits per heavy atom. The second kappa shape index (κ2) is 5.53. The number of carbonyl (C=O) groups excluding carboxylic acids is 1. The smallest absolute Gasteiger partial charge is 0.254 e. The molecular formula is C12H11ClFNO. The normalized spacial score (nSPS) is 9.62. The Hall–Kier alpha value is -1.53. The first-order valence-corrected chi connectivity index (χ1v) is 5.15. The first-order valence-electron chi connectivity index (χ1n) is 4.78. The van der Waals surface area contributed by atoms with E-state index in [2.05, 4.69) is 5.92 Å². The molecule has 0 aliphatic heterocycles. The number of hydrogen-bond donors (Lipinski definition) is 0. The predicted octanol–water partition coefficient (Wildman–Crippen LogP) is 2.57. The Morgan fingerprint density at radius 2 is 2.31 bits per heavy atom. The van der Waals surface area contributed by atoms with E-state index in [1.165, 1.54) is 17.0 Å². The molecule has 4 heteroatoms. The summed E-state index contributed by atoms with van der Waals surface area (Å²) in [6, 6.07) is 3.95. The minimum Gasteiger partial charge on any atom is -0.328 e. The third-order valence-electron chi connectivity index (χ3n) is 2.12. The summed E-state index contributed by atoms with van der Waals surface area (Å²) in [6.45, 7) is 2.49. The number of rotatable bonds is 3. The number of halogens is 2. The summed E-state index contributed by atoms with van der Waals surface area (Å²) in [5.41, 5.74) is 0.249. The van der Waals surface area contributed by atoms with Gasteiger partial charge < -0.3 is 4.90 Å². The minimum absolute atomic E-state index is 0.00320. The Bertz CT molecular complexity index is 439. The molecule has 16 heavy (non-hydrogen) atoms. The fourth-order valence-electron chi connectivity index (χ4n) is 1.25. The van der Waals surface area contributed by atoms with Crippen molar-refractivity contribution in [3.63, 3.8) is 0 Å². The number of amides is 1. The lowest BCUT2D eigenvalue weighted by molar-refractivity contribution is 0.0784. The maximum Gasteiger partial charge on any atom is 0.254 e. The average molecular weight is 240 g/mol. The fraction of sp³-hybridized carbons (Fsp3) is 0.250. The number of hydrogen-bond acceptors (Lipinski definition) is 1. The van der Waals surface area contributed by atoms with Crippen LogP contribution in [-0.2, 0) is 0 Å². The van der Waals surface area contributed by atoms with Gasteiger partial charge in [0.25, 0.3) is 5.91 Å². The maximum atomic E-state index is 13.1. The molecule has 1 amide bonds. The van der Waals surface area contributed by atoms with E-state index in [9.17, 15) is 9.18 Å². The van der Waals surface area contributed by atoms with E-state index in [-0.39, 0.29) is 23.0 Å². The molecule has 0 saturated heterocycles. The van der Waals surface area contributed by atoms with Crippen LogP contribution in [0.3, 0.4) is 0 Å². The van der Waals surface area contributed by atoms with Gasteiger partial charge in [-0.15, -0.1) is 6.42 Å². The van der Waals surface area contributed by atoms with Crippen molar-refractivity contribution in [2.24, 2.45) is 0 Å². The van der Waals surface area contributed by atoms with Gasteiger partial charge in [0.1, 0.15) is 5.82 Å². The standard InChI is InChI=1S/C12H11ClFNO/c1-3-7-15(4-2)12(16)9-5-6-10(13)11(14)8-9/h1,5-6,8H,4,7H2,2H3. The molecule has 0 aliphatic carbocycles. The zero-order chi connectivity index (χ0) is 12.1. The van der Waals surface area contributed by atoms with E-state index in [0.717, 1.165) is 6.07 Å². The van der Waals surface area contributed by atoms with Crippen molar-refractivity contribution in [1.82, 2.24) is 4.90 Å². The van der Waals surface area contributed by atoms with Crippen molar-refractivity contribution >= 4 is 17.5 Å². The monoisotopic (exact) mass is 239 g/mol. The van der Waals surface area contributed by atoms with Crippen molar-refractivity contribution < 1.29 is 9.18 Å². The van der Waals surface area contributed by atoms with Crippen LogP contribution in [0.4, 0.5) is 4.39 Å². The van der Waals surface area contributed by atoms with E-state index in [0.29, 0.717) is 6.54 Å². The summed E-state index contributed by atoms with van der Waals surface area (Å²) >= 11 is 5.53.